The summed E-state index contributed by atoms with van der Waals surface area (Å²) in [5.74, 6) is 1.12. The Bertz CT molecular complexity index is 618. The molecule has 1 fully saturated rings. The third-order valence-corrected chi connectivity index (χ3v) is 4.36. The molecule has 20 heavy (non-hydrogen) atoms. The van der Waals surface area contributed by atoms with Crippen LogP contribution in [0.4, 0.5) is 0 Å². The van der Waals surface area contributed by atoms with Gasteiger partial charge in [0.15, 0.2) is 5.82 Å². The molecule has 0 amide bonds. The molecule has 0 atom stereocenters. The highest BCUT2D eigenvalue weighted by molar-refractivity contribution is 6.30. The van der Waals surface area contributed by atoms with E-state index < -0.39 is 0 Å². The number of aryl methyl sites for hydroxylation is 1. The van der Waals surface area contributed by atoms with E-state index in [-0.39, 0.29) is 6.61 Å². The standard InChI is InChI=1S/C15H18ClN3O/c1-10-6-7-17-13(8-10)19-15(16)12(9-20)14(18-19)11-4-2-3-5-11/h6-8,11,20H,2-5,9H2,1H3. The highest BCUT2D eigenvalue weighted by Crippen LogP contribution is 2.37. The zero-order valence-electron chi connectivity index (χ0n) is 11.5. The van der Waals surface area contributed by atoms with Crippen LogP contribution in [0.25, 0.3) is 5.82 Å². The first kappa shape index (κ1) is 13.6. The predicted octanol–water partition coefficient (Wildman–Crippen LogP) is 3.38. The van der Waals surface area contributed by atoms with Gasteiger partial charge in [0, 0.05) is 17.7 Å². The first-order valence-electron chi connectivity index (χ1n) is 7.02. The molecular weight excluding hydrogens is 274 g/mol. The van der Waals surface area contributed by atoms with E-state index >= 15 is 0 Å². The third kappa shape index (κ3) is 2.34. The average Bonchev–Trinajstić information content (AvgIpc) is 3.05. The van der Waals surface area contributed by atoms with Crippen molar-refractivity contribution >= 4 is 11.6 Å². The Hall–Kier alpha value is -1.39. The number of aromatic nitrogens is 3. The van der Waals surface area contributed by atoms with Crippen LogP contribution in [0, 0.1) is 6.92 Å². The highest BCUT2D eigenvalue weighted by atomic mass is 35.5. The monoisotopic (exact) mass is 291 g/mol. The molecule has 0 bridgehead atoms. The lowest BCUT2D eigenvalue weighted by Gasteiger charge is -2.06. The molecule has 2 aromatic rings. The van der Waals surface area contributed by atoms with Crippen LogP contribution in [0.15, 0.2) is 18.3 Å². The van der Waals surface area contributed by atoms with E-state index in [4.69, 9.17) is 11.6 Å². The van der Waals surface area contributed by atoms with Gasteiger partial charge in [-0.1, -0.05) is 24.4 Å². The second kappa shape index (κ2) is 5.54. The van der Waals surface area contributed by atoms with Crippen LogP contribution < -0.4 is 0 Å². The maximum absolute atomic E-state index is 9.62. The summed E-state index contributed by atoms with van der Waals surface area (Å²) in [6, 6.07) is 3.88. The maximum atomic E-state index is 9.62. The minimum atomic E-state index is -0.0729. The summed E-state index contributed by atoms with van der Waals surface area (Å²) < 4.78 is 1.65. The number of hydrogen-bond acceptors (Lipinski definition) is 3. The van der Waals surface area contributed by atoms with Gasteiger partial charge in [-0.2, -0.15) is 5.10 Å². The normalized spacial score (nSPS) is 15.9. The second-order valence-corrected chi connectivity index (χ2v) is 5.76. The van der Waals surface area contributed by atoms with Crippen LogP contribution in [0.1, 0.15) is 48.4 Å². The van der Waals surface area contributed by atoms with E-state index in [0.29, 0.717) is 16.9 Å². The fraction of sp³-hybridized carbons (Fsp3) is 0.467. The van der Waals surface area contributed by atoms with E-state index in [1.807, 2.05) is 19.1 Å². The van der Waals surface area contributed by atoms with E-state index in [0.717, 1.165) is 29.7 Å². The number of nitrogens with zero attached hydrogens (tertiary/aromatic N) is 3. The van der Waals surface area contributed by atoms with E-state index in [1.165, 1.54) is 12.8 Å². The molecule has 2 aromatic heterocycles. The molecule has 0 aliphatic heterocycles. The van der Waals surface area contributed by atoms with E-state index in [2.05, 4.69) is 10.1 Å². The summed E-state index contributed by atoms with van der Waals surface area (Å²) in [5.41, 5.74) is 2.80. The molecule has 1 aliphatic carbocycles. The van der Waals surface area contributed by atoms with Gasteiger partial charge in [0.1, 0.15) is 5.15 Å². The largest absolute Gasteiger partial charge is 0.391 e. The molecule has 1 N–H and O–H groups in total. The van der Waals surface area contributed by atoms with Gasteiger partial charge < -0.3 is 5.11 Å². The summed E-state index contributed by atoms with van der Waals surface area (Å²) in [5, 5.41) is 14.7. The van der Waals surface area contributed by atoms with Crippen LogP contribution in [-0.2, 0) is 6.61 Å². The molecule has 5 heteroatoms. The lowest BCUT2D eigenvalue weighted by atomic mass is 10.0. The van der Waals surface area contributed by atoms with Crippen LogP contribution >= 0.6 is 11.6 Å². The lowest BCUT2D eigenvalue weighted by molar-refractivity contribution is 0.280. The van der Waals surface area contributed by atoms with Crippen LogP contribution in [-0.4, -0.2) is 19.9 Å². The molecule has 2 heterocycles. The maximum Gasteiger partial charge on any atom is 0.155 e. The Morgan fingerprint density at radius 3 is 2.80 bits per heavy atom. The van der Waals surface area contributed by atoms with Crippen LogP contribution in [0.2, 0.25) is 5.15 Å². The van der Waals surface area contributed by atoms with Gasteiger partial charge in [-0.3, -0.25) is 0 Å². The van der Waals surface area contributed by atoms with Gasteiger partial charge in [-0.05, 0) is 37.5 Å². The predicted molar refractivity (Wildman–Crippen MR) is 78.2 cm³/mol. The Morgan fingerprint density at radius 1 is 1.40 bits per heavy atom. The minimum Gasteiger partial charge on any atom is -0.391 e. The number of hydrogen-bond donors (Lipinski definition) is 1. The van der Waals surface area contributed by atoms with Crippen molar-refractivity contribution in [3.05, 3.63) is 40.3 Å². The quantitative estimate of drug-likeness (QED) is 0.943. The Labute approximate surface area is 123 Å². The molecule has 106 valence electrons. The summed E-state index contributed by atoms with van der Waals surface area (Å²) in [4.78, 5) is 4.32. The zero-order valence-corrected chi connectivity index (χ0v) is 12.3. The minimum absolute atomic E-state index is 0.0729. The smallest absolute Gasteiger partial charge is 0.155 e. The van der Waals surface area contributed by atoms with Crippen molar-refractivity contribution in [2.45, 2.75) is 45.1 Å². The van der Waals surface area contributed by atoms with Crippen molar-refractivity contribution in [2.75, 3.05) is 0 Å². The van der Waals surface area contributed by atoms with E-state index in [9.17, 15) is 5.11 Å². The summed E-state index contributed by atoms with van der Waals surface area (Å²) in [6.07, 6.45) is 6.45. The van der Waals surface area contributed by atoms with Gasteiger partial charge in [-0.25, -0.2) is 9.67 Å². The highest BCUT2D eigenvalue weighted by Gasteiger charge is 2.26. The molecular formula is C15H18ClN3O. The summed E-state index contributed by atoms with van der Waals surface area (Å²) in [6.45, 7) is 1.93. The zero-order chi connectivity index (χ0) is 14.1. The number of aliphatic hydroxyl groups is 1. The van der Waals surface area contributed by atoms with E-state index in [1.54, 1.807) is 10.9 Å². The Morgan fingerprint density at radius 2 is 2.15 bits per heavy atom. The molecule has 0 radical (unpaired) electrons. The number of halogens is 1. The SMILES string of the molecule is Cc1ccnc(-n2nc(C3CCCC3)c(CO)c2Cl)c1. The van der Waals surface area contributed by atoms with Crippen molar-refractivity contribution in [1.82, 2.24) is 14.8 Å². The molecule has 1 aliphatic rings. The van der Waals surface area contributed by atoms with Gasteiger partial charge in [0.2, 0.25) is 0 Å². The Kier molecular flexibility index (Phi) is 3.76. The molecule has 1 saturated carbocycles. The van der Waals surface area contributed by atoms with Gasteiger partial charge in [0.05, 0.1) is 12.3 Å². The average molecular weight is 292 g/mol. The third-order valence-electron chi connectivity index (χ3n) is 3.97. The molecule has 0 spiro atoms. The van der Waals surface area contributed by atoms with Crippen LogP contribution in [0.5, 0.6) is 0 Å². The number of pyridine rings is 1. The fourth-order valence-corrected chi connectivity index (χ4v) is 3.19. The number of aliphatic hydroxyl groups excluding tert-OH is 1. The van der Waals surface area contributed by atoms with Crippen LogP contribution in [0.3, 0.4) is 0 Å². The van der Waals surface area contributed by atoms with Crippen molar-refractivity contribution in [3.63, 3.8) is 0 Å². The summed E-state index contributed by atoms with van der Waals surface area (Å²) >= 11 is 6.40. The molecule has 3 rings (SSSR count). The summed E-state index contributed by atoms with van der Waals surface area (Å²) in [7, 11) is 0. The van der Waals surface area contributed by atoms with Gasteiger partial charge in [0.25, 0.3) is 0 Å². The second-order valence-electron chi connectivity index (χ2n) is 5.40. The molecule has 0 unspecified atom stereocenters. The topological polar surface area (TPSA) is 50.9 Å². The molecule has 0 aromatic carbocycles. The fourth-order valence-electron chi connectivity index (χ4n) is 2.91. The van der Waals surface area contributed by atoms with Crippen molar-refractivity contribution in [2.24, 2.45) is 0 Å². The van der Waals surface area contributed by atoms with Crippen molar-refractivity contribution < 1.29 is 5.11 Å². The molecule has 0 saturated heterocycles. The lowest BCUT2D eigenvalue weighted by Crippen LogP contribution is -2.02. The van der Waals surface area contributed by atoms with Gasteiger partial charge in [-0.15, -0.1) is 0 Å². The van der Waals surface area contributed by atoms with Gasteiger partial charge >= 0.3 is 0 Å². The van der Waals surface area contributed by atoms with Crippen molar-refractivity contribution in [1.29, 1.82) is 0 Å². The molecule has 4 nitrogen and oxygen atoms in total. The number of rotatable bonds is 3. The first-order chi connectivity index (χ1) is 9.70. The Balaban J connectivity index is 2.08. The van der Waals surface area contributed by atoms with Crippen molar-refractivity contribution in [3.8, 4) is 5.82 Å². The first-order valence-corrected chi connectivity index (χ1v) is 7.39.